The molecule has 2 aromatic rings. The Morgan fingerprint density at radius 1 is 0.963 bits per heavy atom. The number of anilines is 1. The fraction of sp³-hybridized carbons (Fsp3) is 0.263. The molecule has 2 aliphatic heterocycles. The zero-order valence-corrected chi connectivity index (χ0v) is 14.5. The van der Waals surface area contributed by atoms with Crippen molar-refractivity contribution in [3.05, 3.63) is 65.2 Å². The number of nitrogens with zero attached hydrogens (tertiary/aromatic N) is 4. The normalized spacial score (nSPS) is 21.3. The average Bonchev–Trinajstić information content (AvgIpc) is 3.18. The topological polar surface area (TPSA) is 65.3 Å². The SMILES string of the molecule is CCc1ccc(CN2N=N[C@@H]3C(=O)N(c4ccc(F)c(F)c4)C(=O)[C@H]32)cc1. The van der Waals surface area contributed by atoms with Gasteiger partial charge in [0.15, 0.2) is 23.7 Å². The van der Waals surface area contributed by atoms with E-state index < -0.39 is 35.5 Å². The number of fused-ring (bicyclic) bond motifs is 1. The molecule has 0 N–H and O–H groups in total. The van der Waals surface area contributed by atoms with Gasteiger partial charge in [0.25, 0.3) is 11.8 Å². The van der Waals surface area contributed by atoms with Crippen LogP contribution in [0.5, 0.6) is 0 Å². The summed E-state index contributed by atoms with van der Waals surface area (Å²) in [6.07, 6.45) is 0.921. The first-order chi connectivity index (χ1) is 13.0. The van der Waals surface area contributed by atoms with Crippen molar-refractivity contribution in [1.82, 2.24) is 5.01 Å². The summed E-state index contributed by atoms with van der Waals surface area (Å²) in [5.41, 5.74) is 2.11. The number of imide groups is 1. The van der Waals surface area contributed by atoms with Gasteiger partial charge in [-0.1, -0.05) is 36.4 Å². The molecule has 0 saturated carbocycles. The van der Waals surface area contributed by atoms with E-state index >= 15 is 0 Å². The van der Waals surface area contributed by atoms with E-state index in [0.29, 0.717) is 6.54 Å². The van der Waals surface area contributed by atoms with Gasteiger partial charge in [-0.05, 0) is 29.7 Å². The molecule has 2 atom stereocenters. The summed E-state index contributed by atoms with van der Waals surface area (Å²) in [5, 5.41) is 9.37. The third kappa shape index (κ3) is 2.87. The Labute approximate surface area is 154 Å². The lowest BCUT2D eigenvalue weighted by Gasteiger charge is -2.20. The summed E-state index contributed by atoms with van der Waals surface area (Å²) < 4.78 is 26.7. The summed E-state index contributed by atoms with van der Waals surface area (Å²) in [5.74, 6) is -3.32. The molecular weight excluding hydrogens is 354 g/mol. The van der Waals surface area contributed by atoms with Crippen molar-refractivity contribution in [3.8, 4) is 0 Å². The van der Waals surface area contributed by atoms with Gasteiger partial charge in [0.05, 0.1) is 12.2 Å². The van der Waals surface area contributed by atoms with Crippen LogP contribution in [-0.4, -0.2) is 28.9 Å². The number of hydrogen-bond acceptors (Lipinski definition) is 5. The third-order valence-electron chi connectivity index (χ3n) is 4.80. The van der Waals surface area contributed by atoms with E-state index in [4.69, 9.17) is 0 Å². The van der Waals surface area contributed by atoms with Crippen molar-refractivity contribution in [2.24, 2.45) is 10.3 Å². The Morgan fingerprint density at radius 3 is 2.33 bits per heavy atom. The number of benzene rings is 2. The molecule has 0 spiro atoms. The highest BCUT2D eigenvalue weighted by Gasteiger charge is 2.54. The molecule has 0 bridgehead atoms. The molecule has 8 heteroatoms. The molecule has 2 aliphatic rings. The first-order valence-corrected chi connectivity index (χ1v) is 8.57. The van der Waals surface area contributed by atoms with E-state index in [1.54, 1.807) is 0 Å². The van der Waals surface area contributed by atoms with Crippen LogP contribution in [0.2, 0.25) is 0 Å². The second-order valence-corrected chi connectivity index (χ2v) is 6.47. The van der Waals surface area contributed by atoms with Crippen LogP contribution in [0, 0.1) is 11.6 Å². The van der Waals surface area contributed by atoms with Crippen LogP contribution >= 0.6 is 0 Å². The lowest BCUT2D eigenvalue weighted by molar-refractivity contribution is -0.123. The van der Waals surface area contributed by atoms with E-state index in [2.05, 4.69) is 17.3 Å². The predicted octanol–water partition coefficient (Wildman–Crippen LogP) is 3.02. The van der Waals surface area contributed by atoms with Crippen molar-refractivity contribution in [3.63, 3.8) is 0 Å². The monoisotopic (exact) mass is 370 g/mol. The van der Waals surface area contributed by atoms with Gasteiger partial charge in [0.2, 0.25) is 0 Å². The van der Waals surface area contributed by atoms with Gasteiger partial charge in [0.1, 0.15) is 0 Å². The first-order valence-electron chi connectivity index (χ1n) is 8.57. The quantitative estimate of drug-likeness (QED) is 0.777. The summed E-state index contributed by atoms with van der Waals surface area (Å²) in [6.45, 7) is 2.38. The van der Waals surface area contributed by atoms with Gasteiger partial charge in [-0.2, -0.15) is 5.11 Å². The van der Waals surface area contributed by atoms with Crippen molar-refractivity contribution in [2.45, 2.75) is 32.0 Å². The van der Waals surface area contributed by atoms with Crippen molar-refractivity contribution in [1.29, 1.82) is 0 Å². The molecule has 0 radical (unpaired) electrons. The minimum Gasteiger partial charge on any atom is -0.271 e. The van der Waals surface area contributed by atoms with Gasteiger partial charge in [-0.15, -0.1) is 0 Å². The lowest BCUT2D eigenvalue weighted by atomic mass is 10.1. The molecule has 6 nitrogen and oxygen atoms in total. The number of carbonyl (C=O) groups is 2. The van der Waals surface area contributed by atoms with Crippen LogP contribution in [0.1, 0.15) is 18.1 Å². The molecule has 27 heavy (non-hydrogen) atoms. The van der Waals surface area contributed by atoms with E-state index in [1.807, 2.05) is 24.3 Å². The lowest BCUT2D eigenvalue weighted by Crippen LogP contribution is -2.39. The maximum Gasteiger partial charge on any atom is 0.263 e. The molecule has 0 unspecified atom stereocenters. The largest absolute Gasteiger partial charge is 0.271 e. The minimum absolute atomic E-state index is 0.0132. The van der Waals surface area contributed by atoms with Crippen LogP contribution < -0.4 is 4.90 Å². The number of carbonyl (C=O) groups excluding carboxylic acids is 2. The van der Waals surface area contributed by atoms with Gasteiger partial charge in [0, 0.05) is 6.07 Å². The highest BCUT2D eigenvalue weighted by atomic mass is 19.2. The van der Waals surface area contributed by atoms with Gasteiger partial charge in [-0.3, -0.25) is 14.6 Å². The van der Waals surface area contributed by atoms with Crippen molar-refractivity contribution in [2.75, 3.05) is 4.90 Å². The Kier molecular flexibility index (Phi) is 4.18. The Bertz CT molecular complexity index is 945. The van der Waals surface area contributed by atoms with Crippen LogP contribution in [0.15, 0.2) is 52.8 Å². The highest BCUT2D eigenvalue weighted by molar-refractivity contribution is 6.25. The highest BCUT2D eigenvalue weighted by Crippen LogP contribution is 2.33. The van der Waals surface area contributed by atoms with Gasteiger partial charge < -0.3 is 0 Å². The smallest absolute Gasteiger partial charge is 0.263 e. The van der Waals surface area contributed by atoms with E-state index in [1.165, 1.54) is 16.6 Å². The van der Waals surface area contributed by atoms with Crippen molar-refractivity contribution >= 4 is 17.5 Å². The second-order valence-electron chi connectivity index (χ2n) is 6.47. The molecule has 1 saturated heterocycles. The summed E-state index contributed by atoms with van der Waals surface area (Å²) in [7, 11) is 0. The molecule has 4 rings (SSSR count). The fourth-order valence-electron chi connectivity index (χ4n) is 3.30. The van der Waals surface area contributed by atoms with Crippen LogP contribution in [0.4, 0.5) is 14.5 Å². The number of rotatable bonds is 4. The maximum atomic E-state index is 13.5. The van der Waals surface area contributed by atoms with Gasteiger partial charge >= 0.3 is 0 Å². The number of hydrogen-bond donors (Lipinski definition) is 0. The average molecular weight is 370 g/mol. The molecular formula is C19H16F2N4O2. The van der Waals surface area contributed by atoms with E-state index in [-0.39, 0.29) is 5.69 Å². The number of halogens is 2. The summed E-state index contributed by atoms with van der Waals surface area (Å²) in [4.78, 5) is 26.3. The molecule has 0 aromatic heterocycles. The van der Waals surface area contributed by atoms with Crippen LogP contribution in [0.25, 0.3) is 0 Å². The molecule has 2 aromatic carbocycles. The molecule has 0 aliphatic carbocycles. The summed E-state index contributed by atoms with van der Waals surface area (Å²) in [6, 6.07) is 8.93. The van der Waals surface area contributed by atoms with Crippen LogP contribution in [-0.2, 0) is 22.6 Å². The number of aryl methyl sites for hydroxylation is 1. The Balaban J connectivity index is 1.58. The minimum atomic E-state index is -1.13. The molecule has 138 valence electrons. The Morgan fingerprint density at radius 2 is 1.67 bits per heavy atom. The summed E-state index contributed by atoms with van der Waals surface area (Å²) >= 11 is 0. The van der Waals surface area contributed by atoms with Crippen LogP contribution in [0.3, 0.4) is 0 Å². The third-order valence-corrected chi connectivity index (χ3v) is 4.80. The number of amides is 2. The van der Waals surface area contributed by atoms with Crippen molar-refractivity contribution < 1.29 is 18.4 Å². The molecule has 1 fully saturated rings. The Hall–Kier alpha value is -3.16. The first kappa shape index (κ1) is 17.3. The second kappa shape index (κ2) is 6.53. The predicted molar refractivity (Wildman–Crippen MR) is 92.6 cm³/mol. The fourth-order valence-corrected chi connectivity index (χ4v) is 3.30. The molecule has 2 amide bonds. The molecule has 2 heterocycles. The maximum absolute atomic E-state index is 13.5. The van der Waals surface area contributed by atoms with Gasteiger partial charge in [-0.25, -0.2) is 13.7 Å². The van der Waals surface area contributed by atoms with E-state index in [0.717, 1.165) is 29.0 Å². The zero-order valence-electron chi connectivity index (χ0n) is 14.5. The standard InChI is InChI=1S/C19H16F2N4O2/c1-2-11-3-5-12(6-4-11)10-24-17-16(22-23-24)18(26)25(19(17)27)13-7-8-14(20)15(21)9-13/h3-9,16-17H,2,10H2,1H3/t16-,17-/m0/s1. The van der Waals surface area contributed by atoms with E-state index in [9.17, 15) is 18.4 Å². The zero-order chi connectivity index (χ0) is 19.1.